The van der Waals surface area contributed by atoms with E-state index in [1.807, 2.05) is 37.3 Å². The van der Waals surface area contributed by atoms with Crippen molar-refractivity contribution in [1.29, 1.82) is 0 Å². The van der Waals surface area contributed by atoms with Gasteiger partial charge in [-0.1, -0.05) is 54.1 Å². The number of nitrogens with one attached hydrogen (secondary N) is 1. The number of carbonyl (C=O) groups excluding carboxylic acids is 3. The van der Waals surface area contributed by atoms with Crippen LogP contribution in [0.3, 0.4) is 0 Å². The number of hydrogen-bond acceptors (Lipinski definition) is 4. The Balaban J connectivity index is 1.57. The summed E-state index contributed by atoms with van der Waals surface area (Å²) in [5.41, 5.74) is 1.45. The van der Waals surface area contributed by atoms with Gasteiger partial charge in [-0.2, -0.15) is 0 Å². The molecule has 0 bridgehead atoms. The highest BCUT2D eigenvalue weighted by molar-refractivity contribution is 6.33. The van der Waals surface area contributed by atoms with E-state index >= 15 is 0 Å². The Hall–Kier alpha value is -2.86. The highest BCUT2D eigenvalue weighted by atomic mass is 35.5. The zero-order chi connectivity index (χ0) is 21.0. The SMILES string of the molecule is C[C@H](OC(=O)[C@@H]1CC(=O)N([C@H](C)c2ccccc2)C1)C(=O)Nc1ccccc1Cl. The lowest BCUT2D eigenvalue weighted by Gasteiger charge is -2.25. The van der Waals surface area contributed by atoms with Gasteiger partial charge in [0, 0.05) is 13.0 Å². The summed E-state index contributed by atoms with van der Waals surface area (Å²) >= 11 is 6.03. The van der Waals surface area contributed by atoms with Crippen LogP contribution in [-0.2, 0) is 19.1 Å². The Morgan fingerprint density at radius 1 is 1.10 bits per heavy atom. The standard InChI is InChI=1S/C22H23ClN2O4/c1-14(16-8-4-3-5-9-16)25-13-17(12-20(25)26)22(28)29-15(2)21(27)24-19-11-7-6-10-18(19)23/h3-11,14-15,17H,12-13H2,1-2H3,(H,24,27)/t14-,15+,17-/m1/s1. The Kier molecular flexibility index (Phi) is 6.54. The molecular weight excluding hydrogens is 392 g/mol. The predicted molar refractivity (Wildman–Crippen MR) is 110 cm³/mol. The number of halogens is 1. The molecule has 1 fully saturated rings. The van der Waals surface area contributed by atoms with Gasteiger partial charge in [0.1, 0.15) is 0 Å². The third-order valence-electron chi connectivity index (χ3n) is 5.04. The minimum absolute atomic E-state index is 0.0782. The molecule has 2 aromatic carbocycles. The molecule has 1 aliphatic heterocycles. The van der Waals surface area contributed by atoms with Crippen LogP contribution in [0.2, 0.25) is 5.02 Å². The minimum atomic E-state index is -1.01. The van der Waals surface area contributed by atoms with Crippen LogP contribution in [0.1, 0.15) is 31.9 Å². The van der Waals surface area contributed by atoms with Gasteiger partial charge in [0.25, 0.3) is 5.91 Å². The second-order valence-corrected chi connectivity index (χ2v) is 7.49. The molecular formula is C22H23ClN2O4. The largest absolute Gasteiger partial charge is 0.452 e. The van der Waals surface area contributed by atoms with Crippen molar-refractivity contribution in [3.8, 4) is 0 Å². The number of para-hydroxylation sites is 1. The van der Waals surface area contributed by atoms with Gasteiger partial charge < -0.3 is 15.0 Å². The Morgan fingerprint density at radius 2 is 1.76 bits per heavy atom. The maximum Gasteiger partial charge on any atom is 0.312 e. The molecule has 0 radical (unpaired) electrons. The highest BCUT2D eigenvalue weighted by Crippen LogP contribution is 2.29. The van der Waals surface area contributed by atoms with Crippen molar-refractivity contribution in [2.24, 2.45) is 5.92 Å². The van der Waals surface area contributed by atoms with Crippen molar-refractivity contribution in [2.75, 3.05) is 11.9 Å². The first-order valence-corrected chi connectivity index (χ1v) is 9.85. The van der Waals surface area contributed by atoms with E-state index in [4.69, 9.17) is 16.3 Å². The maximum absolute atomic E-state index is 12.5. The highest BCUT2D eigenvalue weighted by Gasteiger charge is 2.38. The van der Waals surface area contributed by atoms with Crippen LogP contribution in [-0.4, -0.2) is 35.3 Å². The molecule has 0 aliphatic carbocycles. The second kappa shape index (κ2) is 9.09. The number of amides is 2. The van der Waals surface area contributed by atoms with Gasteiger partial charge in [0.05, 0.1) is 22.7 Å². The van der Waals surface area contributed by atoms with Crippen LogP contribution in [0.15, 0.2) is 54.6 Å². The fourth-order valence-electron chi connectivity index (χ4n) is 3.30. The summed E-state index contributed by atoms with van der Waals surface area (Å²) in [7, 11) is 0. The van der Waals surface area contributed by atoms with Crippen molar-refractivity contribution in [1.82, 2.24) is 4.90 Å². The van der Waals surface area contributed by atoms with Crippen molar-refractivity contribution < 1.29 is 19.1 Å². The third kappa shape index (κ3) is 4.95. The van der Waals surface area contributed by atoms with E-state index in [1.54, 1.807) is 29.2 Å². The molecule has 7 heteroatoms. The Bertz CT molecular complexity index is 903. The van der Waals surface area contributed by atoms with Crippen molar-refractivity contribution in [3.63, 3.8) is 0 Å². The molecule has 2 aromatic rings. The molecule has 0 spiro atoms. The van der Waals surface area contributed by atoms with E-state index in [2.05, 4.69) is 5.32 Å². The molecule has 0 aromatic heterocycles. The number of nitrogens with zero attached hydrogens (tertiary/aromatic N) is 1. The Morgan fingerprint density at radius 3 is 2.45 bits per heavy atom. The van der Waals surface area contributed by atoms with Gasteiger partial charge in [-0.25, -0.2) is 0 Å². The van der Waals surface area contributed by atoms with Crippen LogP contribution in [0, 0.1) is 5.92 Å². The molecule has 0 unspecified atom stereocenters. The van der Waals surface area contributed by atoms with Gasteiger partial charge >= 0.3 is 5.97 Å². The van der Waals surface area contributed by atoms with E-state index in [0.29, 0.717) is 10.7 Å². The number of esters is 1. The number of carbonyl (C=O) groups is 3. The average molecular weight is 415 g/mol. The van der Waals surface area contributed by atoms with Crippen LogP contribution in [0.25, 0.3) is 0 Å². The fraction of sp³-hybridized carbons (Fsp3) is 0.318. The van der Waals surface area contributed by atoms with Gasteiger partial charge in [0.15, 0.2) is 6.10 Å². The van der Waals surface area contributed by atoms with Crippen LogP contribution in [0.5, 0.6) is 0 Å². The lowest BCUT2D eigenvalue weighted by atomic mass is 10.1. The van der Waals surface area contributed by atoms with Crippen molar-refractivity contribution >= 4 is 35.1 Å². The number of anilines is 1. The quantitative estimate of drug-likeness (QED) is 0.729. The summed E-state index contributed by atoms with van der Waals surface area (Å²) in [5.74, 6) is -1.73. The average Bonchev–Trinajstić information content (AvgIpc) is 3.11. The predicted octanol–water partition coefficient (Wildman–Crippen LogP) is 3.82. The molecule has 1 heterocycles. The van der Waals surface area contributed by atoms with E-state index < -0.39 is 23.9 Å². The summed E-state index contributed by atoms with van der Waals surface area (Å²) in [5, 5.41) is 3.03. The number of benzene rings is 2. The Labute approximate surface area is 174 Å². The third-order valence-corrected chi connectivity index (χ3v) is 5.36. The normalized spacial score (nSPS) is 18.2. The monoisotopic (exact) mass is 414 g/mol. The number of ether oxygens (including phenoxy) is 1. The summed E-state index contributed by atoms with van der Waals surface area (Å²) in [6.45, 7) is 3.69. The van der Waals surface area contributed by atoms with E-state index in [-0.39, 0.29) is 24.9 Å². The molecule has 29 heavy (non-hydrogen) atoms. The van der Waals surface area contributed by atoms with Crippen LogP contribution >= 0.6 is 11.6 Å². The summed E-state index contributed by atoms with van der Waals surface area (Å²) in [6, 6.07) is 16.3. The second-order valence-electron chi connectivity index (χ2n) is 7.08. The summed E-state index contributed by atoms with van der Waals surface area (Å²) < 4.78 is 5.32. The van der Waals surface area contributed by atoms with Crippen LogP contribution < -0.4 is 5.32 Å². The van der Waals surface area contributed by atoms with E-state index in [0.717, 1.165) is 5.56 Å². The smallest absolute Gasteiger partial charge is 0.312 e. The maximum atomic E-state index is 12.5. The molecule has 1 N–H and O–H groups in total. The zero-order valence-corrected chi connectivity index (χ0v) is 17.1. The number of rotatable bonds is 6. The van der Waals surface area contributed by atoms with Gasteiger partial charge in [0.2, 0.25) is 5.91 Å². The molecule has 1 aliphatic rings. The van der Waals surface area contributed by atoms with E-state index in [9.17, 15) is 14.4 Å². The zero-order valence-electron chi connectivity index (χ0n) is 16.3. The van der Waals surface area contributed by atoms with E-state index in [1.165, 1.54) is 6.92 Å². The first-order valence-electron chi connectivity index (χ1n) is 9.47. The number of likely N-dealkylation sites (tertiary alicyclic amines) is 1. The molecule has 2 amide bonds. The number of hydrogen-bond donors (Lipinski definition) is 1. The van der Waals surface area contributed by atoms with Crippen molar-refractivity contribution in [3.05, 3.63) is 65.2 Å². The van der Waals surface area contributed by atoms with Crippen molar-refractivity contribution in [2.45, 2.75) is 32.4 Å². The molecule has 0 saturated carbocycles. The lowest BCUT2D eigenvalue weighted by Crippen LogP contribution is -2.33. The molecule has 152 valence electrons. The summed E-state index contributed by atoms with van der Waals surface area (Å²) in [6.07, 6.45) is -0.927. The topological polar surface area (TPSA) is 75.7 Å². The molecule has 3 rings (SSSR count). The first kappa shape index (κ1) is 20.9. The fourth-order valence-corrected chi connectivity index (χ4v) is 3.48. The molecule has 3 atom stereocenters. The van der Waals surface area contributed by atoms with Gasteiger partial charge in [-0.05, 0) is 31.5 Å². The van der Waals surface area contributed by atoms with Crippen LogP contribution in [0.4, 0.5) is 5.69 Å². The molecule has 6 nitrogen and oxygen atoms in total. The molecule has 1 saturated heterocycles. The lowest BCUT2D eigenvalue weighted by molar-refractivity contribution is -0.157. The summed E-state index contributed by atoms with van der Waals surface area (Å²) in [4.78, 5) is 38.9. The minimum Gasteiger partial charge on any atom is -0.452 e. The first-order chi connectivity index (χ1) is 13.9. The van der Waals surface area contributed by atoms with Gasteiger partial charge in [-0.15, -0.1) is 0 Å². The van der Waals surface area contributed by atoms with Gasteiger partial charge in [-0.3, -0.25) is 14.4 Å².